The summed E-state index contributed by atoms with van der Waals surface area (Å²) in [5, 5.41) is 0. The Morgan fingerprint density at radius 3 is 1.38 bits per heavy atom. The highest BCUT2D eigenvalue weighted by Crippen LogP contribution is 2.29. The van der Waals surface area contributed by atoms with Gasteiger partial charge in [-0.25, -0.2) is 4.39 Å². The Balaban J connectivity index is 0. The summed E-state index contributed by atoms with van der Waals surface area (Å²) in [5.41, 5.74) is -0.857. The van der Waals surface area contributed by atoms with Crippen LogP contribution in [0, 0.1) is 0 Å². The summed E-state index contributed by atoms with van der Waals surface area (Å²) < 4.78 is 14.2. The van der Waals surface area contributed by atoms with Crippen LogP contribution in [0.4, 0.5) is 4.39 Å². The van der Waals surface area contributed by atoms with Gasteiger partial charge in [0.25, 0.3) is 0 Å². The van der Waals surface area contributed by atoms with Gasteiger partial charge in [0.15, 0.2) is 0 Å². The van der Waals surface area contributed by atoms with E-state index in [0.717, 1.165) is 25.7 Å². The minimum atomic E-state index is -0.857. The quantitative estimate of drug-likeness (QED) is 0.410. The lowest BCUT2D eigenvalue weighted by Gasteiger charge is -2.23. The molecule has 0 N–H and O–H groups in total. The third kappa shape index (κ3) is 10.4. The molecule has 0 amide bonds. The molecule has 0 heterocycles. The van der Waals surface area contributed by atoms with E-state index in [4.69, 9.17) is 0 Å². The summed E-state index contributed by atoms with van der Waals surface area (Å²) in [7, 11) is 0. The summed E-state index contributed by atoms with van der Waals surface area (Å²) in [4.78, 5) is 0. The Bertz CT molecular complexity index is 111. The highest BCUT2D eigenvalue weighted by molar-refractivity contribution is 4.77. The predicted molar refractivity (Wildman–Crippen MR) is 73.8 cm³/mol. The van der Waals surface area contributed by atoms with Crippen molar-refractivity contribution in [2.45, 2.75) is 98.1 Å². The van der Waals surface area contributed by atoms with Crippen LogP contribution in [0.15, 0.2) is 0 Å². The molecule has 0 aliphatic heterocycles. The topological polar surface area (TPSA) is 0 Å². The molecular weight excluding hydrogens is 199 g/mol. The van der Waals surface area contributed by atoms with Crippen molar-refractivity contribution in [2.24, 2.45) is 0 Å². The van der Waals surface area contributed by atoms with Gasteiger partial charge in [0.05, 0.1) is 0 Å². The molecule has 0 aliphatic rings. The van der Waals surface area contributed by atoms with Crippen LogP contribution in [0.5, 0.6) is 0 Å². The molecule has 0 spiro atoms. The molecule has 0 nitrogen and oxygen atoms in total. The third-order valence-corrected chi connectivity index (χ3v) is 3.09. The lowest BCUT2D eigenvalue weighted by atomic mass is 9.90. The van der Waals surface area contributed by atoms with Gasteiger partial charge in [0, 0.05) is 0 Å². The zero-order valence-corrected chi connectivity index (χ0v) is 12.2. The zero-order valence-electron chi connectivity index (χ0n) is 12.2. The summed E-state index contributed by atoms with van der Waals surface area (Å²) >= 11 is 0. The SMILES string of the molecule is CC.CCCCCC(F)(CC)CCCCC. The molecular formula is C15H33F. The van der Waals surface area contributed by atoms with Gasteiger partial charge in [-0.2, -0.15) is 0 Å². The number of halogens is 1. The molecule has 16 heavy (non-hydrogen) atoms. The standard InChI is InChI=1S/C13H27F.C2H6/c1-4-7-9-11-13(14,6-3)12-10-8-5-2;1-2/h4-12H2,1-3H3;1-2H3. The third-order valence-electron chi connectivity index (χ3n) is 3.09. The average Bonchev–Trinajstić information content (AvgIpc) is 2.32. The lowest BCUT2D eigenvalue weighted by Crippen LogP contribution is -2.21. The Morgan fingerprint density at radius 1 is 0.750 bits per heavy atom. The second-order valence-electron chi connectivity index (χ2n) is 4.42. The predicted octanol–water partition coefficient (Wildman–Crippen LogP) is 6.29. The van der Waals surface area contributed by atoms with Crippen molar-refractivity contribution in [3.05, 3.63) is 0 Å². The van der Waals surface area contributed by atoms with Crippen LogP contribution < -0.4 is 0 Å². The average molecular weight is 232 g/mol. The molecule has 1 heteroatoms. The molecule has 0 bridgehead atoms. The molecule has 0 aliphatic carbocycles. The van der Waals surface area contributed by atoms with Crippen LogP contribution in [0.1, 0.15) is 92.4 Å². The summed E-state index contributed by atoms with van der Waals surface area (Å²) in [6.07, 6.45) is 9.12. The number of rotatable bonds is 9. The number of alkyl halides is 1. The van der Waals surface area contributed by atoms with E-state index in [-0.39, 0.29) is 0 Å². The molecule has 0 saturated heterocycles. The van der Waals surface area contributed by atoms with Crippen LogP contribution in [0.3, 0.4) is 0 Å². The maximum atomic E-state index is 14.2. The minimum Gasteiger partial charge on any atom is -0.244 e. The van der Waals surface area contributed by atoms with Gasteiger partial charge in [0.2, 0.25) is 0 Å². The fourth-order valence-corrected chi connectivity index (χ4v) is 1.86. The van der Waals surface area contributed by atoms with Crippen molar-refractivity contribution in [1.29, 1.82) is 0 Å². The van der Waals surface area contributed by atoms with E-state index < -0.39 is 5.67 Å². The van der Waals surface area contributed by atoms with E-state index in [1.54, 1.807) is 0 Å². The Kier molecular flexibility index (Phi) is 14.9. The normalized spacial score (nSPS) is 10.9. The highest BCUT2D eigenvalue weighted by Gasteiger charge is 2.25. The van der Waals surface area contributed by atoms with E-state index in [1.807, 2.05) is 20.8 Å². The van der Waals surface area contributed by atoms with Gasteiger partial charge in [-0.1, -0.05) is 73.1 Å². The van der Waals surface area contributed by atoms with Crippen LogP contribution in [-0.2, 0) is 0 Å². The molecule has 0 rings (SSSR count). The molecule has 0 aromatic carbocycles. The first-order chi connectivity index (χ1) is 7.68. The monoisotopic (exact) mass is 232 g/mol. The first-order valence-electron chi connectivity index (χ1n) is 7.37. The zero-order chi connectivity index (χ0) is 12.9. The maximum absolute atomic E-state index is 14.2. The second kappa shape index (κ2) is 13.0. The van der Waals surface area contributed by atoms with Crippen LogP contribution in [0.25, 0.3) is 0 Å². The van der Waals surface area contributed by atoms with Crippen LogP contribution in [0.2, 0.25) is 0 Å². The maximum Gasteiger partial charge on any atom is 0.110 e. The van der Waals surface area contributed by atoms with E-state index in [0.29, 0.717) is 6.42 Å². The number of hydrogen-bond acceptors (Lipinski definition) is 0. The molecule has 100 valence electrons. The van der Waals surface area contributed by atoms with Gasteiger partial charge in [0.1, 0.15) is 5.67 Å². The van der Waals surface area contributed by atoms with Crippen molar-refractivity contribution in [2.75, 3.05) is 0 Å². The molecule has 0 fully saturated rings. The highest BCUT2D eigenvalue weighted by atomic mass is 19.1. The Labute approximate surface area is 103 Å². The fraction of sp³-hybridized carbons (Fsp3) is 1.00. The molecule has 0 aromatic rings. The van der Waals surface area contributed by atoms with E-state index in [2.05, 4.69) is 13.8 Å². The molecule has 0 radical (unpaired) electrons. The molecule has 0 atom stereocenters. The largest absolute Gasteiger partial charge is 0.244 e. The fourth-order valence-electron chi connectivity index (χ4n) is 1.86. The van der Waals surface area contributed by atoms with Crippen molar-refractivity contribution in [3.63, 3.8) is 0 Å². The van der Waals surface area contributed by atoms with E-state index in [9.17, 15) is 4.39 Å². The number of unbranched alkanes of at least 4 members (excludes halogenated alkanes) is 4. The van der Waals surface area contributed by atoms with Gasteiger partial charge < -0.3 is 0 Å². The first-order valence-corrected chi connectivity index (χ1v) is 7.37. The Hall–Kier alpha value is -0.0700. The second-order valence-corrected chi connectivity index (χ2v) is 4.42. The van der Waals surface area contributed by atoms with Crippen molar-refractivity contribution in [3.8, 4) is 0 Å². The van der Waals surface area contributed by atoms with Gasteiger partial charge in [-0.05, 0) is 19.3 Å². The van der Waals surface area contributed by atoms with Gasteiger partial charge in [-0.15, -0.1) is 0 Å². The summed E-state index contributed by atoms with van der Waals surface area (Å²) in [6.45, 7) is 10.3. The molecule has 0 aromatic heterocycles. The first kappa shape index (κ1) is 18.3. The Morgan fingerprint density at radius 2 is 1.12 bits per heavy atom. The summed E-state index contributed by atoms with van der Waals surface area (Å²) in [6, 6.07) is 0. The van der Waals surface area contributed by atoms with Gasteiger partial charge in [-0.3, -0.25) is 0 Å². The molecule has 0 saturated carbocycles. The number of hydrogen-bond donors (Lipinski definition) is 0. The van der Waals surface area contributed by atoms with Crippen molar-refractivity contribution in [1.82, 2.24) is 0 Å². The summed E-state index contributed by atoms with van der Waals surface area (Å²) in [5.74, 6) is 0. The molecule has 0 unspecified atom stereocenters. The van der Waals surface area contributed by atoms with Gasteiger partial charge >= 0.3 is 0 Å². The lowest BCUT2D eigenvalue weighted by molar-refractivity contribution is 0.123. The van der Waals surface area contributed by atoms with Crippen LogP contribution >= 0.6 is 0 Å². The van der Waals surface area contributed by atoms with E-state index >= 15 is 0 Å². The van der Waals surface area contributed by atoms with Crippen molar-refractivity contribution < 1.29 is 4.39 Å². The van der Waals surface area contributed by atoms with E-state index in [1.165, 1.54) is 25.7 Å². The van der Waals surface area contributed by atoms with Crippen molar-refractivity contribution >= 4 is 0 Å². The van der Waals surface area contributed by atoms with Crippen LogP contribution in [-0.4, -0.2) is 5.67 Å². The smallest absolute Gasteiger partial charge is 0.110 e. The minimum absolute atomic E-state index is 0.695.